The van der Waals surface area contributed by atoms with Crippen LogP contribution in [-0.2, 0) is 9.59 Å². The van der Waals surface area contributed by atoms with Gasteiger partial charge in [-0.2, -0.15) is 0 Å². The Kier molecular flexibility index (Phi) is 4.52. The van der Waals surface area contributed by atoms with Crippen molar-refractivity contribution in [3.05, 3.63) is 12.7 Å². The first-order valence-corrected chi connectivity index (χ1v) is 5.70. The number of carboxylic acid groups (broad SMARTS) is 1. The third kappa shape index (κ3) is 3.36. The fraction of sp³-hybridized carbons (Fsp3) is 0.667. The van der Waals surface area contributed by atoms with Gasteiger partial charge in [0.2, 0.25) is 5.91 Å². The number of nitrogens with one attached hydrogen (secondary N) is 1. The van der Waals surface area contributed by atoms with Crippen LogP contribution in [0.3, 0.4) is 0 Å². The minimum absolute atomic E-state index is 0.0432. The summed E-state index contributed by atoms with van der Waals surface area (Å²) >= 11 is 0. The highest BCUT2D eigenvalue weighted by Gasteiger charge is 2.31. The fourth-order valence-electron chi connectivity index (χ4n) is 2.05. The van der Waals surface area contributed by atoms with E-state index in [9.17, 15) is 9.59 Å². The zero-order chi connectivity index (χ0) is 12.1. The van der Waals surface area contributed by atoms with E-state index < -0.39 is 5.97 Å². The second-order valence-corrected chi connectivity index (χ2v) is 4.43. The number of rotatable bonds is 4. The summed E-state index contributed by atoms with van der Waals surface area (Å²) < 4.78 is 0. The van der Waals surface area contributed by atoms with E-state index in [0.717, 1.165) is 12.8 Å². The Balaban J connectivity index is 2.50. The van der Waals surface area contributed by atoms with Crippen LogP contribution in [-0.4, -0.2) is 23.0 Å². The standard InChI is InChI=1S/C12H19NO3/c1-3-8(2)13-11(14)9-5-4-6-10(7-9)12(15)16/h3,8-10H,1,4-7H2,2H3,(H,13,14)(H,15,16). The van der Waals surface area contributed by atoms with Crippen LogP contribution in [0, 0.1) is 11.8 Å². The Morgan fingerprint density at radius 1 is 1.44 bits per heavy atom. The average molecular weight is 225 g/mol. The number of hydrogen-bond acceptors (Lipinski definition) is 2. The molecule has 0 aromatic rings. The summed E-state index contributed by atoms with van der Waals surface area (Å²) in [7, 11) is 0. The molecular formula is C12H19NO3. The molecule has 4 heteroatoms. The lowest BCUT2D eigenvalue weighted by Gasteiger charge is -2.26. The van der Waals surface area contributed by atoms with Crippen LogP contribution in [0.15, 0.2) is 12.7 Å². The maximum Gasteiger partial charge on any atom is 0.306 e. The van der Waals surface area contributed by atoms with Gasteiger partial charge >= 0.3 is 5.97 Å². The molecule has 1 fully saturated rings. The van der Waals surface area contributed by atoms with Gasteiger partial charge in [-0.05, 0) is 26.2 Å². The maximum atomic E-state index is 11.8. The van der Waals surface area contributed by atoms with Gasteiger partial charge in [-0.15, -0.1) is 6.58 Å². The summed E-state index contributed by atoms with van der Waals surface area (Å²) in [4.78, 5) is 22.6. The van der Waals surface area contributed by atoms with Gasteiger partial charge in [0.1, 0.15) is 0 Å². The van der Waals surface area contributed by atoms with Gasteiger partial charge in [-0.3, -0.25) is 9.59 Å². The molecule has 0 aromatic heterocycles. The van der Waals surface area contributed by atoms with E-state index in [-0.39, 0.29) is 23.8 Å². The van der Waals surface area contributed by atoms with Crippen LogP contribution >= 0.6 is 0 Å². The van der Waals surface area contributed by atoms with E-state index >= 15 is 0 Å². The molecule has 0 heterocycles. The van der Waals surface area contributed by atoms with E-state index in [1.165, 1.54) is 0 Å². The highest BCUT2D eigenvalue weighted by Crippen LogP contribution is 2.29. The van der Waals surface area contributed by atoms with E-state index in [1.807, 2.05) is 6.92 Å². The van der Waals surface area contributed by atoms with Crippen LogP contribution in [0.5, 0.6) is 0 Å². The van der Waals surface area contributed by atoms with Crippen LogP contribution in [0.2, 0.25) is 0 Å². The molecule has 0 aromatic carbocycles. The van der Waals surface area contributed by atoms with E-state index in [4.69, 9.17) is 5.11 Å². The number of carbonyl (C=O) groups is 2. The molecule has 0 aliphatic heterocycles. The van der Waals surface area contributed by atoms with Gasteiger partial charge in [-0.1, -0.05) is 12.5 Å². The van der Waals surface area contributed by atoms with Crippen molar-refractivity contribution >= 4 is 11.9 Å². The van der Waals surface area contributed by atoms with Crippen molar-refractivity contribution in [3.8, 4) is 0 Å². The highest BCUT2D eigenvalue weighted by atomic mass is 16.4. The van der Waals surface area contributed by atoms with Crippen molar-refractivity contribution in [3.63, 3.8) is 0 Å². The van der Waals surface area contributed by atoms with Gasteiger partial charge in [0.25, 0.3) is 0 Å². The summed E-state index contributed by atoms with van der Waals surface area (Å²) in [5, 5.41) is 11.7. The van der Waals surface area contributed by atoms with E-state index in [0.29, 0.717) is 12.8 Å². The largest absolute Gasteiger partial charge is 0.481 e. The molecule has 0 bridgehead atoms. The number of hydrogen-bond donors (Lipinski definition) is 2. The summed E-state index contributed by atoms with van der Waals surface area (Å²) in [5.74, 6) is -1.34. The highest BCUT2D eigenvalue weighted by molar-refractivity contribution is 5.80. The summed E-state index contributed by atoms with van der Waals surface area (Å²) in [6.45, 7) is 5.44. The number of carboxylic acids is 1. The predicted octanol–water partition coefficient (Wildman–Crippen LogP) is 1.57. The Morgan fingerprint density at radius 3 is 2.62 bits per heavy atom. The monoisotopic (exact) mass is 225 g/mol. The lowest BCUT2D eigenvalue weighted by Crippen LogP contribution is -2.39. The lowest BCUT2D eigenvalue weighted by atomic mass is 9.81. The smallest absolute Gasteiger partial charge is 0.306 e. The molecule has 16 heavy (non-hydrogen) atoms. The first-order chi connectivity index (χ1) is 7.54. The minimum Gasteiger partial charge on any atom is -0.481 e. The summed E-state index contributed by atoms with van der Waals surface area (Å²) in [5.41, 5.74) is 0. The zero-order valence-corrected chi connectivity index (χ0v) is 9.61. The molecule has 0 radical (unpaired) electrons. The third-order valence-corrected chi connectivity index (χ3v) is 3.12. The molecule has 1 rings (SSSR count). The second kappa shape index (κ2) is 5.68. The van der Waals surface area contributed by atoms with Gasteiger partial charge < -0.3 is 10.4 Å². The van der Waals surface area contributed by atoms with Crippen molar-refractivity contribution in [2.24, 2.45) is 11.8 Å². The average Bonchev–Trinajstić information content (AvgIpc) is 2.28. The molecule has 3 unspecified atom stereocenters. The molecule has 2 N–H and O–H groups in total. The minimum atomic E-state index is -0.783. The molecule has 0 saturated heterocycles. The van der Waals surface area contributed by atoms with Crippen LogP contribution in [0.4, 0.5) is 0 Å². The summed E-state index contributed by atoms with van der Waals surface area (Å²) in [6.07, 6.45) is 4.42. The molecule has 1 amide bonds. The van der Waals surface area contributed by atoms with Crippen LogP contribution in [0.25, 0.3) is 0 Å². The Labute approximate surface area is 95.7 Å². The zero-order valence-electron chi connectivity index (χ0n) is 9.61. The van der Waals surface area contributed by atoms with Crippen LogP contribution in [0.1, 0.15) is 32.6 Å². The molecular weight excluding hydrogens is 206 g/mol. The van der Waals surface area contributed by atoms with E-state index in [1.54, 1.807) is 6.08 Å². The van der Waals surface area contributed by atoms with Gasteiger partial charge in [0.15, 0.2) is 0 Å². The SMILES string of the molecule is C=CC(C)NC(=O)C1CCCC(C(=O)O)C1. The molecule has 1 aliphatic rings. The number of carbonyl (C=O) groups excluding carboxylic acids is 1. The Bertz CT molecular complexity index is 288. The number of amides is 1. The van der Waals surface area contributed by atoms with Gasteiger partial charge in [0.05, 0.1) is 5.92 Å². The van der Waals surface area contributed by atoms with Crippen molar-refractivity contribution in [1.82, 2.24) is 5.32 Å². The number of aliphatic carboxylic acids is 1. The van der Waals surface area contributed by atoms with Crippen molar-refractivity contribution in [2.75, 3.05) is 0 Å². The maximum absolute atomic E-state index is 11.8. The van der Waals surface area contributed by atoms with E-state index in [2.05, 4.69) is 11.9 Å². The Hall–Kier alpha value is -1.32. The van der Waals surface area contributed by atoms with Crippen molar-refractivity contribution in [2.45, 2.75) is 38.6 Å². The molecule has 1 saturated carbocycles. The summed E-state index contributed by atoms with van der Waals surface area (Å²) in [6, 6.07) is -0.0577. The topological polar surface area (TPSA) is 66.4 Å². The van der Waals surface area contributed by atoms with Crippen molar-refractivity contribution < 1.29 is 14.7 Å². The fourth-order valence-corrected chi connectivity index (χ4v) is 2.05. The predicted molar refractivity (Wildman–Crippen MR) is 60.9 cm³/mol. The molecule has 90 valence electrons. The molecule has 4 nitrogen and oxygen atoms in total. The molecule has 0 spiro atoms. The quantitative estimate of drug-likeness (QED) is 0.714. The lowest BCUT2D eigenvalue weighted by molar-refractivity contribution is -0.144. The Morgan fingerprint density at radius 2 is 2.06 bits per heavy atom. The normalized spacial score (nSPS) is 26.8. The first kappa shape index (κ1) is 12.7. The van der Waals surface area contributed by atoms with Crippen LogP contribution < -0.4 is 5.32 Å². The van der Waals surface area contributed by atoms with Gasteiger partial charge in [-0.25, -0.2) is 0 Å². The third-order valence-electron chi connectivity index (χ3n) is 3.12. The van der Waals surface area contributed by atoms with Gasteiger partial charge in [0, 0.05) is 12.0 Å². The second-order valence-electron chi connectivity index (χ2n) is 4.43. The van der Waals surface area contributed by atoms with Crippen molar-refractivity contribution in [1.29, 1.82) is 0 Å². The molecule has 1 aliphatic carbocycles. The molecule has 3 atom stereocenters. The first-order valence-electron chi connectivity index (χ1n) is 5.70.